The molecule has 0 aliphatic heterocycles. The number of nitrogens with two attached hydrogens (primary N) is 1. The summed E-state index contributed by atoms with van der Waals surface area (Å²) in [5, 5.41) is 0. The SMILES string of the molecule is NNC(c1ccc(F)c(Br)c1)c1ccc(Cl)s1. The Bertz CT molecular complexity index is 532. The zero-order chi connectivity index (χ0) is 12.4. The molecular formula is C11H9BrClFN2S. The molecule has 90 valence electrons. The topological polar surface area (TPSA) is 38.0 Å². The standard InChI is InChI=1S/C11H9BrClFN2S/c12-7-5-6(1-2-8(7)14)11(16-15)9-3-4-10(13)17-9/h1-5,11,16H,15H2. The molecule has 1 atom stereocenters. The molecular weight excluding hydrogens is 327 g/mol. The zero-order valence-electron chi connectivity index (χ0n) is 8.58. The molecule has 1 unspecified atom stereocenters. The van der Waals surface area contributed by atoms with Crippen LogP contribution in [-0.4, -0.2) is 0 Å². The summed E-state index contributed by atoms with van der Waals surface area (Å²) in [6.07, 6.45) is 0. The van der Waals surface area contributed by atoms with Crippen molar-refractivity contribution >= 4 is 38.9 Å². The van der Waals surface area contributed by atoms with Crippen molar-refractivity contribution in [2.24, 2.45) is 5.84 Å². The van der Waals surface area contributed by atoms with E-state index in [1.54, 1.807) is 12.1 Å². The van der Waals surface area contributed by atoms with E-state index in [2.05, 4.69) is 21.4 Å². The van der Waals surface area contributed by atoms with Crippen LogP contribution >= 0.6 is 38.9 Å². The van der Waals surface area contributed by atoms with Gasteiger partial charge in [-0.1, -0.05) is 17.7 Å². The summed E-state index contributed by atoms with van der Waals surface area (Å²) < 4.78 is 14.3. The van der Waals surface area contributed by atoms with Crippen molar-refractivity contribution in [1.29, 1.82) is 0 Å². The lowest BCUT2D eigenvalue weighted by molar-refractivity contribution is 0.612. The van der Waals surface area contributed by atoms with Gasteiger partial charge >= 0.3 is 0 Å². The first kappa shape index (κ1) is 13.0. The summed E-state index contributed by atoms with van der Waals surface area (Å²) in [4.78, 5) is 0.982. The summed E-state index contributed by atoms with van der Waals surface area (Å²) in [7, 11) is 0. The van der Waals surface area contributed by atoms with E-state index < -0.39 is 0 Å². The average molecular weight is 336 g/mol. The smallest absolute Gasteiger partial charge is 0.137 e. The Morgan fingerprint density at radius 3 is 2.65 bits per heavy atom. The van der Waals surface area contributed by atoms with Crippen LogP contribution in [0.4, 0.5) is 4.39 Å². The molecule has 1 heterocycles. The van der Waals surface area contributed by atoms with Crippen LogP contribution in [0.25, 0.3) is 0 Å². The van der Waals surface area contributed by atoms with Crippen molar-refractivity contribution in [3.05, 3.63) is 55.4 Å². The number of nitrogens with one attached hydrogen (secondary N) is 1. The lowest BCUT2D eigenvalue weighted by Gasteiger charge is -2.15. The first-order valence-electron chi connectivity index (χ1n) is 4.78. The quantitative estimate of drug-likeness (QED) is 0.660. The van der Waals surface area contributed by atoms with Gasteiger partial charge in [0.25, 0.3) is 0 Å². The van der Waals surface area contributed by atoms with Gasteiger partial charge in [-0.05, 0) is 45.8 Å². The second-order valence-electron chi connectivity index (χ2n) is 3.42. The first-order chi connectivity index (χ1) is 8.11. The predicted octanol–water partition coefficient (Wildman–Crippen LogP) is 3.86. The molecule has 3 N–H and O–H groups in total. The van der Waals surface area contributed by atoms with E-state index >= 15 is 0 Å². The minimum Gasteiger partial charge on any atom is -0.271 e. The van der Waals surface area contributed by atoms with Crippen molar-refractivity contribution in [1.82, 2.24) is 5.43 Å². The molecule has 0 aliphatic carbocycles. The second kappa shape index (κ2) is 5.46. The molecule has 0 saturated heterocycles. The maximum absolute atomic E-state index is 13.2. The van der Waals surface area contributed by atoms with Crippen molar-refractivity contribution in [2.45, 2.75) is 6.04 Å². The van der Waals surface area contributed by atoms with Gasteiger partial charge in [-0.2, -0.15) is 0 Å². The molecule has 0 fully saturated rings. The van der Waals surface area contributed by atoms with Gasteiger partial charge in [0.15, 0.2) is 0 Å². The van der Waals surface area contributed by atoms with Gasteiger partial charge < -0.3 is 0 Å². The zero-order valence-corrected chi connectivity index (χ0v) is 11.7. The van der Waals surface area contributed by atoms with Crippen molar-refractivity contribution in [2.75, 3.05) is 0 Å². The largest absolute Gasteiger partial charge is 0.271 e. The van der Waals surface area contributed by atoms with Gasteiger partial charge in [-0.25, -0.2) is 9.82 Å². The van der Waals surface area contributed by atoms with Gasteiger partial charge in [0.05, 0.1) is 14.9 Å². The van der Waals surface area contributed by atoms with Crippen LogP contribution in [0.1, 0.15) is 16.5 Å². The number of halogens is 3. The van der Waals surface area contributed by atoms with Crippen LogP contribution in [0.3, 0.4) is 0 Å². The molecule has 1 aromatic carbocycles. The molecule has 6 heteroatoms. The fraction of sp³-hybridized carbons (Fsp3) is 0.0909. The third-order valence-corrected chi connectivity index (χ3v) is 4.23. The van der Waals surface area contributed by atoms with Crippen molar-refractivity contribution < 1.29 is 4.39 Å². The summed E-state index contributed by atoms with van der Waals surface area (Å²) in [6.45, 7) is 0. The number of benzene rings is 1. The van der Waals surface area contributed by atoms with Crippen LogP contribution in [-0.2, 0) is 0 Å². The molecule has 0 saturated carbocycles. The Labute approximate surface area is 116 Å². The highest BCUT2D eigenvalue weighted by Gasteiger charge is 2.15. The molecule has 1 aromatic heterocycles. The number of hydrogen-bond acceptors (Lipinski definition) is 3. The van der Waals surface area contributed by atoms with Gasteiger partial charge in [0.1, 0.15) is 5.82 Å². The number of thiophene rings is 1. The minimum absolute atomic E-state index is 0.190. The number of rotatable bonds is 3. The van der Waals surface area contributed by atoms with Crippen LogP contribution < -0.4 is 11.3 Å². The summed E-state index contributed by atoms with van der Waals surface area (Å²) >= 11 is 10.5. The lowest BCUT2D eigenvalue weighted by Crippen LogP contribution is -2.28. The molecule has 0 aliphatic rings. The summed E-state index contributed by atoms with van der Waals surface area (Å²) in [5.74, 6) is 5.24. The average Bonchev–Trinajstić information content (AvgIpc) is 2.71. The maximum atomic E-state index is 13.2. The van der Waals surface area contributed by atoms with Crippen LogP contribution in [0, 0.1) is 5.82 Å². The van der Waals surface area contributed by atoms with E-state index in [9.17, 15) is 4.39 Å². The molecule has 2 rings (SSSR count). The molecule has 17 heavy (non-hydrogen) atoms. The van der Waals surface area contributed by atoms with E-state index in [4.69, 9.17) is 17.4 Å². The minimum atomic E-state index is -0.297. The van der Waals surface area contributed by atoms with Gasteiger partial charge in [0, 0.05) is 4.88 Å². The van der Waals surface area contributed by atoms with E-state index in [0.717, 1.165) is 10.4 Å². The monoisotopic (exact) mass is 334 g/mol. The third kappa shape index (κ3) is 2.86. The Balaban J connectivity index is 2.38. The van der Waals surface area contributed by atoms with E-state index in [1.807, 2.05) is 12.1 Å². The third-order valence-electron chi connectivity index (χ3n) is 2.32. The lowest BCUT2D eigenvalue weighted by atomic mass is 10.1. The van der Waals surface area contributed by atoms with Crippen LogP contribution in [0.15, 0.2) is 34.8 Å². The number of hydrazine groups is 1. The fourth-order valence-corrected chi connectivity index (χ4v) is 3.06. The Morgan fingerprint density at radius 1 is 1.35 bits per heavy atom. The predicted molar refractivity (Wildman–Crippen MR) is 72.6 cm³/mol. The highest BCUT2D eigenvalue weighted by Crippen LogP contribution is 2.32. The van der Waals surface area contributed by atoms with Crippen LogP contribution in [0.2, 0.25) is 4.34 Å². The molecule has 0 spiro atoms. The Kier molecular flexibility index (Phi) is 4.17. The highest BCUT2D eigenvalue weighted by molar-refractivity contribution is 9.10. The fourth-order valence-electron chi connectivity index (χ4n) is 1.52. The first-order valence-corrected chi connectivity index (χ1v) is 6.77. The number of hydrogen-bond donors (Lipinski definition) is 2. The Morgan fingerprint density at radius 2 is 2.12 bits per heavy atom. The molecule has 0 radical (unpaired) electrons. The summed E-state index contributed by atoms with van der Waals surface area (Å²) in [5.41, 5.74) is 3.58. The van der Waals surface area contributed by atoms with Gasteiger partial charge in [-0.15, -0.1) is 11.3 Å². The van der Waals surface area contributed by atoms with Crippen molar-refractivity contribution in [3.8, 4) is 0 Å². The Hall–Kier alpha value is -0.460. The van der Waals surface area contributed by atoms with Gasteiger partial charge in [-0.3, -0.25) is 5.84 Å². The normalized spacial score (nSPS) is 12.7. The maximum Gasteiger partial charge on any atom is 0.137 e. The highest BCUT2D eigenvalue weighted by atomic mass is 79.9. The molecule has 2 nitrogen and oxygen atoms in total. The van der Waals surface area contributed by atoms with E-state index in [0.29, 0.717) is 8.81 Å². The molecule has 0 amide bonds. The summed E-state index contributed by atoms with van der Waals surface area (Å²) in [6, 6.07) is 8.31. The second-order valence-corrected chi connectivity index (χ2v) is 6.02. The van der Waals surface area contributed by atoms with E-state index in [-0.39, 0.29) is 11.9 Å². The van der Waals surface area contributed by atoms with Gasteiger partial charge in [0.2, 0.25) is 0 Å². The van der Waals surface area contributed by atoms with Crippen molar-refractivity contribution in [3.63, 3.8) is 0 Å². The molecule has 0 bridgehead atoms. The van der Waals surface area contributed by atoms with E-state index in [1.165, 1.54) is 17.4 Å². The molecule has 2 aromatic rings. The van der Waals surface area contributed by atoms with Crippen LogP contribution in [0.5, 0.6) is 0 Å².